The standard InChI is InChI=1S/C16H26O4/c1-10(2)13(20-15(18)12(5)6)16(7,8)9-19-14(17)11(3)4/h10,13H,3,5,9H2,1-2,4,6-8H3/t13-/m0/s1. The maximum absolute atomic E-state index is 11.7. The first kappa shape index (κ1) is 18.4. The van der Waals surface area contributed by atoms with Crippen LogP contribution in [0.25, 0.3) is 0 Å². The molecule has 0 aliphatic heterocycles. The predicted octanol–water partition coefficient (Wildman–Crippen LogP) is 3.28. The summed E-state index contributed by atoms with van der Waals surface area (Å²) >= 11 is 0. The van der Waals surface area contributed by atoms with Gasteiger partial charge in [-0.15, -0.1) is 0 Å². The Morgan fingerprint density at radius 1 is 1.05 bits per heavy atom. The van der Waals surface area contributed by atoms with E-state index in [4.69, 9.17) is 9.47 Å². The fourth-order valence-electron chi connectivity index (χ4n) is 1.87. The zero-order valence-corrected chi connectivity index (χ0v) is 13.4. The van der Waals surface area contributed by atoms with Gasteiger partial charge in [0.25, 0.3) is 0 Å². The molecule has 0 radical (unpaired) electrons. The third-order valence-corrected chi connectivity index (χ3v) is 2.88. The van der Waals surface area contributed by atoms with Crippen molar-refractivity contribution in [3.8, 4) is 0 Å². The summed E-state index contributed by atoms with van der Waals surface area (Å²) in [6.07, 6.45) is -0.371. The van der Waals surface area contributed by atoms with E-state index in [9.17, 15) is 9.59 Å². The van der Waals surface area contributed by atoms with Crippen molar-refractivity contribution in [2.24, 2.45) is 11.3 Å². The first-order valence-corrected chi connectivity index (χ1v) is 6.68. The van der Waals surface area contributed by atoms with Gasteiger partial charge < -0.3 is 9.47 Å². The Kier molecular flexibility index (Phi) is 6.69. The normalized spacial score (nSPS) is 12.8. The van der Waals surface area contributed by atoms with E-state index in [1.54, 1.807) is 13.8 Å². The van der Waals surface area contributed by atoms with Crippen molar-refractivity contribution in [2.45, 2.75) is 47.6 Å². The highest BCUT2D eigenvalue weighted by Gasteiger charge is 2.36. The quantitative estimate of drug-likeness (QED) is 0.531. The van der Waals surface area contributed by atoms with E-state index in [2.05, 4.69) is 13.2 Å². The smallest absolute Gasteiger partial charge is 0.333 e. The molecule has 0 spiro atoms. The summed E-state index contributed by atoms with van der Waals surface area (Å²) < 4.78 is 10.7. The summed E-state index contributed by atoms with van der Waals surface area (Å²) in [5, 5.41) is 0. The second-order valence-corrected chi connectivity index (χ2v) is 6.20. The number of hydrogen-bond donors (Lipinski definition) is 0. The molecular weight excluding hydrogens is 256 g/mol. The highest BCUT2D eigenvalue weighted by Crippen LogP contribution is 2.30. The van der Waals surface area contributed by atoms with E-state index < -0.39 is 17.4 Å². The van der Waals surface area contributed by atoms with Crippen molar-refractivity contribution >= 4 is 11.9 Å². The first-order chi connectivity index (χ1) is 8.99. The molecule has 0 aromatic carbocycles. The topological polar surface area (TPSA) is 52.6 Å². The predicted molar refractivity (Wildman–Crippen MR) is 79.1 cm³/mol. The van der Waals surface area contributed by atoms with Crippen LogP contribution in [0.15, 0.2) is 24.3 Å². The Balaban J connectivity index is 4.88. The lowest BCUT2D eigenvalue weighted by Gasteiger charge is -2.36. The summed E-state index contributed by atoms with van der Waals surface area (Å²) in [5.74, 6) is -0.772. The number of carbonyl (C=O) groups is 2. The Morgan fingerprint density at radius 2 is 1.50 bits per heavy atom. The van der Waals surface area contributed by atoms with Gasteiger partial charge in [0.05, 0.1) is 0 Å². The van der Waals surface area contributed by atoms with Gasteiger partial charge in [0.1, 0.15) is 12.7 Å². The molecule has 0 bridgehead atoms. The number of rotatable bonds is 7. The first-order valence-electron chi connectivity index (χ1n) is 6.68. The minimum absolute atomic E-state index is 0.0943. The molecule has 0 aromatic rings. The second-order valence-electron chi connectivity index (χ2n) is 6.20. The minimum Gasteiger partial charge on any atom is -0.462 e. The molecule has 0 fully saturated rings. The lowest BCUT2D eigenvalue weighted by Crippen LogP contribution is -2.41. The van der Waals surface area contributed by atoms with Crippen LogP contribution < -0.4 is 0 Å². The van der Waals surface area contributed by atoms with E-state index in [1.165, 1.54) is 0 Å². The van der Waals surface area contributed by atoms with Crippen LogP contribution in [0.4, 0.5) is 0 Å². The molecular formula is C16H26O4. The van der Waals surface area contributed by atoms with Gasteiger partial charge in [0.2, 0.25) is 0 Å². The molecule has 0 heterocycles. The number of carbonyl (C=O) groups excluding carboxylic acids is 2. The average molecular weight is 282 g/mol. The summed E-state index contributed by atoms with van der Waals surface area (Å²) in [7, 11) is 0. The molecule has 4 heteroatoms. The SMILES string of the molecule is C=C(C)C(=O)OCC(C)(C)[C@@H](OC(=O)C(=C)C)C(C)C. The fraction of sp³-hybridized carbons (Fsp3) is 0.625. The molecule has 0 amide bonds. The largest absolute Gasteiger partial charge is 0.462 e. The second kappa shape index (κ2) is 7.27. The molecule has 0 aliphatic rings. The molecule has 0 saturated heterocycles. The zero-order valence-electron chi connectivity index (χ0n) is 13.4. The average Bonchev–Trinajstić information content (AvgIpc) is 2.31. The van der Waals surface area contributed by atoms with Crippen molar-refractivity contribution in [3.05, 3.63) is 24.3 Å². The van der Waals surface area contributed by atoms with Crippen molar-refractivity contribution < 1.29 is 19.1 Å². The van der Waals surface area contributed by atoms with Gasteiger partial charge in [-0.1, -0.05) is 40.9 Å². The van der Waals surface area contributed by atoms with Crippen molar-refractivity contribution in [1.29, 1.82) is 0 Å². The van der Waals surface area contributed by atoms with Gasteiger partial charge in [-0.3, -0.25) is 0 Å². The molecule has 4 nitrogen and oxygen atoms in total. The minimum atomic E-state index is -0.496. The Morgan fingerprint density at radius 3 is 1.85 bits per heavy atom. The zero-order chi connectivity index (χ0) is 16.1. The third kappa shape index (κ3) is 5.59. The maximum atomic E-state index is 11.7. The Hall–Kier alpha value is -1.58. The van der Waals surface area contributed by atoms with Gasteiger partial charge >= 0.3 is 11.9 Å². The Labute approximate surface area is 121 Å². The summed E-state index contributed by atoms with van der Waals surface area (Å²) in [4.78, 5) is 23.2. The van der Waals surface area contributed by atoms with Gasteiger partial charge in [0, 0.05) is 16.6 Å². The van der Waals surface area contributed by atoms with Crippen LogP contribution in [0.2, 0.25) is 0 Å². The van der Waals surface area contributed by atoms with Crippen LogP contribution in [0, 0.1) is 11.3 Å². The van der Waals surface area contributed by atoms with Gasteiger partial charge in [0.15, 0.2) is 0 Å². The van der Waals surface area contributed by atoms with Crippen molar-refractivity contribution in [2.75, 3.05) is 6.61 Å². The molecule has 20 heavy (non-hydrogen) atoms. The molecule has 0 aliphatic carbocycles. The van der Waals surface area contributed by atoms with E-state index in [0.29, 0.717) is 11.1 Å². The van der Waals surface area contributed by atoms with Crippen LogP contribution in [0.1, 0.15) is 41.5 Å². The summed E-state index contributed by atoms with van der Waals surface area (Å²) in [5.41, 5.74) is 0.205. The summed E-state index contributed by atoms with van der Waals surface area (Å²) in [6, 6.07) is 0. The highest BCUT2D eigenvalue weighted by atomic mass is 16.6. The maximum Gasteiger partial charge on any atom is 0.333 e. The van der Waals surface area contributed by atoms with Crippen LogP contribution in [-0.4, -0.2) is 24.6 Å². The van der Waals surface area contributed by atoms with Gasteiger partial charge in [-0.05, 0) is 19.8 Å². The van der Waals surface area contributed by atoms with Crippen LogP contribution >= 0.6 is 0 Å². The third-order valence-electron chi connectivity index (χ3n) is 2.88. The molecule has 0 unspecified atom stereocenters. The summed E-state index contributed by atoms with van der Waals surface area (Å²) in [6.45, 7) is 18.2. The van der Waals surface area contributed by atoms with Gasteiger partial charge in [-0.25, -0.2) is 9.59 Å². The molecule has 0 N–H and O–H groups in total. The monoisotopic (exact) mass is 282 g/mol. The van der Waals surface area contributed by atoms with Crippen LogP contribution in [-0.2, 0) is 19.1 Å². The highest BCUT2D eigenvalue weighted by molar-refractivity contribution is 5.87. The molecule has 0 aromatic heterocycles. The molecule has 114 valence electrons. The lowest BCUT2D eigenvalue weighted by atomic mass is 9.81. The van der Waals surface area contributed by atoms with Crippen molar-refractivity contribution in [3.63, 3.8) is 0 Å². The van der Waals surface area contributed by atoms with E-state index in [0.717, 1.165) is 0 Å². The van der Waals surface area contributed by atoms with Crippen LogP contribution in [0.5, 0.6) is 0 Å². The van der Waals surface area contributed by atoms with Crippen LogP contribution in [0.3, 0.4) is 0 Å². The number of hydrogen-bond acceptors (Lipinski definition) is 4. The number of esters is 2. The van der Waals surface area contributed by atoms with E-state index in [-0.39, 0.29) is 18.6 Å². The molecule has 0 rings (SSSR count). The Bertz CT molecular complexity index is 405. The lowest BCUT2D eigenvalue weighted by molar-refractivity contribution is -0.160. The fourth-order valence-corrected chi connectivity index (χ4v) is 1.87. The van der Waals surface area contributed by atoms with E-state index in [1.807, 2.05) is 27.7 Å². The van der Waals surface area contributed by atoms with Gasteiger partial charge in [-0.2, -0.15) is 0 Å². The molecule has 0 saturated carbocycles. The van der Waals surface area contributed by atoms with E-state index >= 15 is 0 Å². The number of ether oxygens (including phenoxy) is 2. The molecule has 1 atom stereocenters. The van der Waals surface area contributed by atoms with Crippen molar-refractivity contribution in [1.82, 2.24) is 0 Å².